The maximum Gasteiger partial charge on any atom is 0.408 e. The number of carboxylic acids is 1. The number of hydrogen-bond donors (Lipinski definition) is 3. The second kappa shape index (κ2) is 8.44. The van der Waals surface area contributed by atoms with Gasteiger partial charge < -0.3 is 20.3 Å². The molecule has 0 saturated heterocycles. The molecule has 2 atom stereocenters. The second-order valence-electron chi connectivity index (χ2n) is 4.03. The molecule has 0 unspecified atom stereocenters. The maximum atomic E-state index is 11.5. The van der Waals surface area contributed by atoms with E-state index in [-0.39, 0.29) is 12.4 Å². The molecule has 0 aromatic heterocycles. The van der Waals surface area contributed by atoms with Crippen LogP contribution < -0.4 is 5.32 Å². The first kappa shape index (κ1) is 16.3. The number of carboxylic acid groups (broad SMARTS) is 1. The van der Waals surface area contributed by atoms with Crippen molar-refractivity contribution in [2.45, 2.75) is 25.0 Å². The van der Waals surface area contributed by atoms with E-state index in [1.807, 2.05) is 18.2 Å². The molecule has 3 N–H and O–H groups in total. The van der Waals surface area contributed by atoms with Gasteiger partial charge in [0.1, 0.15) is 12.6 Å². The molecule has 0 aliphatic carbocycles. The lowest BCUT2D eigenvalue weighted by Gasteiger charge is -2.15. The normalized spacial score (nSPS) is 13.3. The van der Waals surface area contributed by atoms with E-state index in [0.717, 1.165) is 17.3 Å². The average molecular weight is 299 g/mol. The number of nitrogens with one attached hydrogen (secondary N) is 1. The van der Waals surface area contributed by atoms with E-state index < -0.39 is 23.5 Å². The van der Waals surface area contributed by atoms with Gasteiger partial charge in [-0.3, -0.25) is 0 Å². The monoisotopic (exact) mass is 299 g/mol. The minimum Gasteiger partial charge on any atom is -0.480 e. The highest BCUT2D eigenvalue weighted by molar-refractivity contribution is 7.99. The topological polar surface area (TPSA) is 95.9 Å². The summed E-state index contributed by atoms with van der Waals surface area (Å²) in [6.07, 6.45) is -0.799. The summed E-state index contributed by atoms with van der Waals surface area (Å²) in [5, 5.41) is 20.3. The minimum absolute atomic E-state index is 0.0629. The minimum atomic E-state index is -1.17. The molecule has 6 nitrogen and oxygen atoms in total. The summed E-state index contributed by atoms with van der Waals surface area (Å²) in [5.74, 6) is -1.11. The van der Waals surface area contributed by atoms with Crippen molar-refractivity contribution in [1.29, 1.82) is 0 Å². The Morgan fingerprint density at radius 2 is 2.00 bits per heavy atom. The van der Waals surface area contributed by atoms with Gasteiger partial charge in [-0.05, 0) is 12.5 Å². The highest BCUT2D eigenvalue weighted by Crippen LogP contribution is 2.09. The number of hydrogen-bond acceptors (Lipinski definition) is 5. The van der Waals surface area contributed by atoms with Gasteiger partial charge in [0.05, 0.1) is 5.44 Å². The summed E-state index contributed by atoms with van der Waals surface area (Å²) < 4.78 is 4.93. The number of aliphatic hydroxyl groups excluding tert-OH is 1. The number of aliphatic carboxylic acids is 1. The molecule has 0 saturated carbocycles. The van der Waals surface area contributed by atoms with Crippen molar-refractivity contribution >= 4 is 23.8 Å². The third-order valence-corrected chi connectivity index (χ3v) is 3.32. The summed E-state index contributed by atoms with van der Waals surface area (Å²) in [4.78, 5) is 22.5. The molecule has 1 rings (SSSR count). The summed E-state index contributed by atoms with van der Waals surface area (Å²) in [6.45, 7) is 1.60. The first-order valence-corrected chi connectivity index (χ1v) is 7.03. The Kier molecular flexibility index (Phi) is 6.89. The molecule has 0 heterocycles. The van der Waals surface area contributed by atoms with Crippen LogP contribution in [0.4, 0.5) is 4.79 Å². The van der Waals surface area contributed by atoms with E-state index >= 15 is 0 Å². The van der Waals surface area contributed by atoms with Crippen LogP contribution >= 0.6 is 11.8 Å². The quantitative estimate of drug-likeness (QED) is 0.659. The molecule has 0 bridgehead atoms. The number of carbonyl (C=O) groups is 2. The maximum absolute atomic E-state index is 11.5. The van der Waals surface area contributed by atoms with E-state index in [1.165, 1.54) is 6.92 Å². The summed E-state index contributed by atoms with van der Waals surface area (Å²) in [7, 11) is 0. The van der Waals surface area contributed by atoms with Gasteiger partial charge >= 0.3 is 12.1 Å². The van der Waals surface area contributed by atoms with Gasteiger partial charge in [0.15, 0.2) is 0 Å². The largest absolute Gasteiger partial charge is 0.480 e. The Balaban J connectivity index is 2.40. The van der Waals surface area contributed by atoms with Gasteiger partial charge in [0, 0.05) is 5.75 Å². The number of carbonyl (C=O) groups excluding carboxylic acids is 1. The first-order chi connectivity index (χ1) is 9.49. The van der Waals surface area contributed by atoms with Crippen LogP contribution in [0.5, 0.6) is 0 Å². The van der Waals surface area contributed by atoms with Crippen LogP contribution in [-0.2, 0) is 16.1 Å². The van der Waals surface area contributed by atoms with E-state index in [2.05, 4.69) is 5.32 Å². The van der Waals surface area contributed by atoms with Crippen LogP contribution in [0.2, 0.25) is 0 Å². The fourth-order valence-corrected chi connectivity index (χ4v) is 2.01. The molecule has 0 aliphatic heterocycles. The van der Waals surface area contributed by atoms with Gasteiger partial charge in [0.2, 0.25) is 0 Å². The Morgan fingerprint density at radius 1 is 1.35 bits per heavy atom. The van der Waals surface area contributed by atoms with Crippen molar-refractivity contribution in [3.05, 3.63) is 35.9 Å². The molecule has 0 aliphatic rings. The van der Waals surface area contributed by atoms with E-state index in [1.54, 1.807) is 12.1 Å². The summed E-state index contributed by atoms with van der Waals surface area (Å²) in [6, 6.07) is 7.97. The van der Waals surface area contributed by atoms with Crippen LogP contribution in [0.15, 0.2) is 30.3 Å². The molecule has 1 aromatic carbocycles. The Hall–Kier alpha value is -1.73. The van der Waals surface area contributed by atoms with Crippen molar-refractivity contribution < 1.29 is 24.5 Å². The van der Waals surface area contributed by atoms with Crippen LogP contribution in [0.25, 0.3) is 0 Å². The number of amides is 1. The van der Waals surface area contributed by atoms with Crippen molar-refractivity contribution in [3.8, 4) is 0 Å². The fourth-order valence-electron chi connectivity index (χ4n) is 1.32. The van der Waals surface area contributed by atoms with Crippen LogP contribution in [0, 0.1) is 0 Å². The molecule has 0 radical (unpaired) electrons. The van der Waals surface area contributed by atoms with Gasteiger partial charge in [-0.2, -0.15) is 0 Å². The Morgan fingerprint density at radius 3 is 2.55 bits per heavy atom. The molecule has 7 heteroatoms. The highest BCUT2D eigenvalue weighted by Gasteiger charge is 2.21. The number of thioether (sulfide) groups is 1. The zero-order chi connectivity index (χ0) is 15.0. The predicted octanol–water partition coefficient (Wildman–Crippen LogP) is 1.44. The Labute approximate surface area is 121 Å². The van der Waals surface area contributed by atoms with E-state index in [9.17, 15) is 9.59 Å². The number of rotatable bonds is 7. The first-order valence-electron chi connectivity index (χ1n) is 5.98. The number of alkyl carbamates (subject to hydrolysis) is 1. The van der Waals surface area contributed by atoms with E-state index in [4.69, 9.17) is 14.9 Å². The van der Waals surface area contributed by atoms with Crippen LogP contribution in [0.1, 0.15) is 12.5 Å². The van der Waals surface area contributed by atoms with Crippen molar-refractivity contribution in [1.82, 2.24) is 5.32 Å². The lowest BCUT2D eigenvalue weighted by Crippen LogP contribution is -2.43. The lowest BCUT2D eigenvalue weighted by molar-refractivity contribution is -0.138. The zero-order valence-electron chi connectivity index (χ0n) is 11.0. The van der Waals surface area contributed by atoms with Gasteiger partial charge in [-0.1, -0.05) is 30.3 Å². The van der Waals surface area contributed by atoms with Crippen molar-refractivity contribution in [2.24, 2.45) is 0 Å². The molecule has 110 valence electrons. The molecule has 0 spiro atoms. The number of benzene rings is 1. The van der Waals surface area contributed by atoms with Gasteiger partial charge in [-0.15, -0.1) is 11.8 Å². The summed E-state index contributed by atoms with van der Waals surface area (Å²) in [5.41, 5.74) is 0.117. The second-order valence-corrected chi connectivity index (χ2v) is 5.38. The van der Waals surface area contributed by atoms with E-state index in [0.29, 0.717) is 0 Å². The van der Waals surface area contributed by atoms with Crippen LogP contribution in [0.3, 0.4) is 0 Å². The van der Waals surface area contributed by atoms with Gasteiger partial charge in [0.25, 0.3) is 0 Å². The van der Waals surface area contributed by atoms with Gasteiger partial charge in [-0.25, -0.2) is 9.59 Å². The van der Waals surface area contributed by atoms with Crippen molar-refractivity contribution in [2.75, 3.05) is 5.75 Å². The highest BCUT2D eigenvalue weighted by atomic mass is 32.2. The number of aliphatic hydroxyl groups is 1. The SMILES string of the molecule is C[C@@H](O)SC[C@@H](NC(=O)OCc1ccccc1)C(=O)O. The average Bonchev–Trinajstić information content (AvgIpc) is 2.41. The molecule has 20 heavy (non-hydrogen) atoms. The third-order valence-electron chi connectivity index (χ3n) is 2.31. The predicted molar refractivity (Wildman–Crippen MR) is 75.3 cm³/mol. The molecular weight excluding hydrogens is 282 g/mol. The molecule has 0 fully saturated rings. The summed E-state index contributed by atoms with van der Waals surface area (Å²) >= 11 is 1.03. The standard InChI is InChI=1S/C13H17NO5S/c1-9(15)20-8-11(12(16)17)14-13(18)19-7-10-5-3-2-4-6-10/h2-6,9,11,15H,7-8H2,1H3,(H,14,18)(H,16,17)/t9-,11+/m0/s1. The molecular formula is C13H17NO5S. The Bertz CT molecular complexity index is 438. The third kappa shape index (κ3) is 6.44. The zero-order valence-corrected chi connectivity index (χ0v) is 11.8. The smallest absolute Gasteiger partial charge is 0.408 e. The van der Waals surface area contributed by atoms with Crippen LogP contribution in [-0.4, -0.2) is 39.5 Å². The van der Waals surface area contributed by atoms with Crippen molar-refractivity contribution in [3.63, 3.8) is 0 Å². The lowest BCUT2D eigenvalue weighted by atomic mass is 10.2. The number of ether oxygens (including phenoxy) is 1. The molecule has 1 aromatic rings. The molecule has 1 amide bonds. The fraction of sp³-hybridized carbons (Fsp3) is 0.385.